The van der Waals surface area contributed by atoms with Gasteiger partial charge in [0.05, 0.1) is 30.4 Å². The molecule has 5 aromatic rings. The van der Waals surface area contributed by atoms with Crippen molar-refractivity contribution < 1.29 is 14.6 Å². The molecular weight excluding hydrogens is 504 g/mol. The molecule has 0 radical (unpaired) electrons. The number of carbonyl (C=O) groups is 1. The number of aromatic nitrogens is 3. The average Bonchev–Trinajstić information content (AvgIpc) is 3.65. The van der Waals surface area contributed by atoms with E-state index in [1.807, 2.05) is 83.8 Å². The number of aromatic hydroxyl groups is 1. The zero-order valence-electron chi connectivity index (χ0n) is 21.8. The summed E-state index contributed by atoms with van der Waals surface area (Å²) in [5.74, 6) is 0.505. The molecule has 1 aliphatic rings. The minimum Gasteiger partial charge on any atom is -0.508 e. The SMILES string of the molecule is COc1ncccc1-c1ccc(O)c(C2Nc3ccc(C(=O)NCCc4cnn(-c5ccccc5)c4)cc3N2)c1. The van der Waals surface area contributed by atoms with E-state index in [-0.39, 0.29) is 17.8 Å². The molecule has 2 aromatic heterocycles. The highest BCUT2D eigenvalue weighted by molar-refractivity contribution is 5.97. The van der Waals surface area contributed by atoms with Gasteiger partial charge in [-0.25, -0.2) is 9.67 Å². The lowest BCUT2D eigenvalue weighted by Crippen LogP contribution is -2.25. The van der Waals surface area contributed by atoms with Crippen LogP contribution >= 0.6 is 0 Å². The van der Waals surface area contributed by atoms with Crippen molar-refractivity contribution >= 4 is 17.3 Å². The number of para-hydroxylation sites is 1. The number of nitrogens with one attached hydrogen (secondary N) is 3. The predicted molar refractivity (Wildman–Crippen MR) is 154 cm³/mol. The number of methoxy groups -OCH3 is 1. The van der Waals surface area contributed by atoms with Gasteiger partial charge in [0.2, 0.25) is 5.88 Å². The number of phenolic OH excluding ortho intramolecular Hbond substituents is 1. The maximum atomic E-state index is 12.9. The summed E-state index contributed by atoms with van der Waals surface area (Å²) in [4.78, 5) is 17.2. The largest absolute Gasteiger partial charge is 0.508 e. The number of carbonyl (C=O) groups excluding carboxylic acids is 1. The molecule has 3 heterocycles. The van der Waals surface area contributed by atoms with Crippen LogP contribution in [-0.4, -0.2) is 39.4 Å². The van der Waals surface area contributed by atoms with Crippen LogP contribution in [0.4, 0.5) is 11.4 Å². The average molecular weight is 533 g/mol. The van der Waals surface area contributed by atoms with Gasteiger partial charge in [-0.3, -0.25) is 4.79 Å². The molecule has 9 heteroatoms. The third-order valence-electron chi connectivity index (χ3n) is 6.85. The fraction of sp³-hybridized carbons (Fsp3) is 0.129. The van der Waals surface area contributed by atoms with Gasteiger partial charge in [-0.2, -0.15) is 5.10 Å². The van der Waals surface area contributed by atoms with Gasteiger partial charge >= 0.3 is 0 Å². The van der Waals surface area contributed by atoms with Crippen molar-refractivity contribution in [1.82, 2.24) is 20.1 Å². The topological polar surface area (TPSA) is 113 Å². The molecule has 1 atom stereocenters. The highest BCUT2D eigenvalue weighted by Crippen LogP contribution is 2.40. The molecule has 1 aliphatic heterocycles. The number of rotatable bonds is 8. The van der Waals surface area contributed by atoms with Crippen molar-refractivity contribution in [1.29, 1.82) is 0 Å². The van der Waals surface area contributed by atoms with E-state index in [0.29, 0.717) is 30.0 Å². The van der Waals surface area contributed by atoms with Crippen molar-refractivity contribution in [3.05, 3.63) is 114 Å². The molecule has 0 fully saturated rings. The molecule has 6 rings (SSSR count). The third kappa shape index (κ3) is 5.04. The highest BCUT2D eigenvalue weighted by Gasteiger charge is 2.25. The van der Waals surface area contributed by atoms with Crippen LogP contribution in [-0.2, 0) is 6.42 Å². The van der Waals surface area contributed by atoms with Gasteiger partial charge in [0.1, 0.15) is 11.9 Å². The lowest BCUT2D eigenvalue weighted by atomic mass is 10.0. The molecule has 0 spiro atoms. The van der Waals surface area contributed by atoms with Crippen molar-refractivity contribution in [2.24, 2.45) is 0 Å². The van der Waals surface area contributed by atoms with E-state index >= 15 is 0 Å². The van der Waals surface area contributed by atoms with Crippen LogP contribution < -0.4 is 20.7 Å². The Morgan fingerprint density at radius 2 is 1.88 bits per heavy atom. The van der Waals surface area contributed by atoms with E-state index in [9.17, 15) is 9.90 Å². The summed E-state index contributed by atoms with van der Waals surface area (Å²) in [5.41, 5.74) is 6.57. The van der Waals surface area contributed by atoms with Crippen molar-refractivity contribution in [3.63, 3.8) is 0 Å². The minimum absolute atomic E-state index is 0.151. The van der Waals surface area contributed by atoms with Crippen LogP contribution in [0.2, 0.25) is 0 Å². The molecule has 4 N–H and O–H groups in total. The molecular formula is C31H28N6O3. The molecule has 9 nitrogen and oxygen atoms in total. The number of benzene rings is 3. The van der Waals surface area contributed by atoms with Gasteiger partial charge in [-0.1, -0.05) is 24.3 Å². The molecule has 1 amide bonds. The van der Waals surface area contributed by atoms with Gasteiger partial charge in [0.25, 0.3) is 5.91 Å². The van der Waals surface area contributed by atoms with E-state index in [1.54, 1.807) is 25.4 Å². The minimum atomic E-state index is -0.378. The maximum Gasteiger partial charge on any atom is 0.251 e. The van der Waals surface area contributed by atoms with Crippen molar-refractivity contribution in [3.8, 4) is 28.4 Å². The van der Waals surface area contributed by atoms with Gasteiger partial charge in [0, 0.05) is 35.6 Å². The summed E-state index contributed by atoms with van der Waals surface area (Å²) in [7, 11) is 1.58. The molecule has 0 saturated heterocycles. The monoisotopic (exact) mass is 532 g/mol. The summed E-state index contributed by atoms with van der Waals surface area (Å²) in [5, 5.41) is 24.8. The summed E-state index contributed by atoms with van der Waals surface area (Å²) < 4.78 is 7.23. The van der Waals surface area contributed by atoms with Crippen LogP contribution in [0.1, 0.15) is 27.7 Å². The molecule has 40 heavy (non-hydrogen) atoms. The van der Waals surface area contributed by atoms with Crippen LogP contribution in [0, 0.1) is 0 Å². The number of phenols is 1. The first kappa shape index (κ1) is 25.0. The van der Waals surface area contributed by atoms with Gasteiger partial charge in [-0.05, 0) is 72.1 Å². The Hall–Kier alpha value is -5.31. The standard InChI is InChI=1S/C31H28N6O3/c1-40-31-24(8-5-14-33-31)21-10-12-28(38)25(16-21)29-35-26-11-9-22(17-27(26)36-29)30(39)32-15-13-20-18-34-37(19-20)23-6-3-2-4-7-23/h2-12,14,16-19,29,35-36,38H,13,15H2,1H3,(H,32,39). The fourth-order valence-corrected chi connectivity index (χ4v) is 4.79. The Morgan fingerprint density at radius 3 is 2.73 bits per heavy atom. The number of pyridine rings is 1. The maximum absolute atomic E-state index is 12.9. The first-order valence-corrected chi connectivity index (χ1v) is 13.0. The summed E-state index contributed by atoms with van der Waals surface area (Å²) in [6.07, 6.45) is 5.76. The lowest BCUT2D eigenvalue weighted by Gasteiger charge is -2.16. The number of nitrogens with zero attached hydrogens (tertiary/aromatic N) is 3. The van der Waals surface area contributed by atoms with E-state index in [0.717, 1.165) is 33.8 Å². The fourth-order valence-electron chi connectivity index (χ4n) is 4.79. The molecule has 3 aromatic carbocycles. The molecule has 1 unspecified atom stereocenters. The first-order valence-electron chi connectivity index (χ1n) is 13.0. The zero-order chi connectivity index (χ0) is 27.5. The Morgan fingerprint density at radius 1 is 1.02 bits per heavy atom. The van der Waals surface area contributed by atoms with Crippen LogP contribution in [0.25, 0.3) is 16.8 Å². The van der Waals surface area contributed by atoms with Crippen LogP contribution in [0.5, 0.6) is 11.6 Å². The van der Waals surface area contributed by atoms with E-state index in [4.69, 9.17) is 4.74 Å². The first-order chi connectivity index (χ1) is 19.6. The second kappa shape index (κ2) is 10.8. The van der Waals surface area contributed by atoms with Crippen LogP contribution in [0.15, 0.2) is 97.5 Å². The number of hydrogen-bond acceptors (Lipinski definition) is 7. The Labute approximate surface area is 231 Å². The molecule has 0 bridgehead atoms. The normalized spacial score (nSPS) is 13.7. The second-order valence-electron chi connectivity index (χ2n) is 9.45. The Balaban J connectivity index is 1.11. The van der Waals surface area contributed by atoms with Gasteiger partial charge in [-0.15, -0.1) is 0 Å². The van der Waals surface area contributed by atoms with Crippen molar-refractivity contribution in [2.45, 2.75) is 12.6 Å². The third-order valence-corrected chi connectivity index (χ3v) is 6.85. The van der Waals surface area contributed by atoms with Gasteiger partial charge < -0.3 is 25.8 Å². The number of hydrogen-bond donors (Lipinski definition) is 4. The number of ether oxygens (including phenoxy) is 1. The van der Waals surface area contributed by atoms with E-state index in [1.165, 1.54) is 0 Å². The molecule has 0 aliphatic carbocycles. The van der Waals surface area contributed by atoms with E-state index in [2.05, 4.69) is 26.0 Å². The Kier molecular flexibility index (Phi) is 6.76. The highest BCUT2D eigenvalue weighted by atomic mass is 16.5. The quantitative estimate of drug-likeness (QED) is 0.218. The number of anilines is 2. The van der Waals surface area contributed by atoms with Crippen molar-refractivity contribution in [2.75, 3.05) is 24.3 Å². The summed E-state index contributed by atoms with van der Waals surface area (Å²) in [6.45, 7) is 0.489. The van der Waals surface area contributed by atoms with Crippen LogP contribution in [0.3, 0.4) is 0 Å². The second-order valence-corrected chi connectivity index (χ2v) is 9.45. The smallest absolute Gasteiger partial charge is 0.251 e. The zero-order valence-corrected chi connectivity index (χ0v) is 21.8. The molecule has 0 saturated carbocycles. The number of fused-ring (bicyclic) bond motifs is 1. The number of amides is 1. The Bertz CT molecular complexity index is 1670. The summed E-state index contributed by atoms with van der Waals surface area (Å²) >= 11 is 0. The van der Waals surface area contributed by atoms with E-state index < -0.39 is 0 Å². The molecule has 200 valence electrons. The summed E-state index contributed by atoms with van der Waals surface area (Å²) in [6, 6.07) is 24.5. The lowest BCUT2D eigenvalue weighted by molar-refractivity contribution is 0.0954. The predicted octanol–water partition coefficient (Wildman–Crippen LogP) is 5.16. The van der Waals surface area contributed by atoms with Gasteiger partial charge in [0.15, 0.2) is 0 Å².